The van der Waals surface area contributed by atoms with Crippen molar-refractivity contribution in [2.75, 3.05) is 60.9 Å². The fraction of sp³-hybridized carbons (Fsp3) is 0.452. The van der Waals surface area contributed by atoms with Gasteiger partial charge in [0, 0.05) is 86.9 Å². The largest absolute Gasteiger partial charge is 0.384 e. The maximum absolute atomic E-state index is 14.8. The first-order valence-corrected chi connectivity index (χ1v) is 19.9. The molecule has 0 saturated carbocycles. The van der Waals surface area contributed by atoms with Crippen LogP contribution in [-0.2, 0) is 9.59 Å². The average Bonchev–Trinajstić information content (AvgIpc) is 3.52. The summed E-state index contributed by atoms with van der Waals surface area (Å²) in [7, 11) is 0. The Balaban J connectivity index is 0.811. The van der Waals surface area contributed by atoms with Gasteiger partial charge in [0.05, 0.1) is 16.1 Å². The highest BCUT2D eigenvalue weighted by atomic mass is 35.5. The molecule has 14 heteroatoms. The molecule has 3 aromatic rings. The van der Waals surface area contributed by atoms with Gasteiger partial charge in [0.2, 0.25) is 11.8 Å². The van der Waals surface area contributed by atoms with Crippen LogP contribution in [0.4, 0.5) is 21.5 Å². The summed E-state index contributed by atoms with van der Waals surface area (Å²) in [6.45, 7) is 7.69. The highest BCUT2D eigenvalue weighted by molar-refractivity contribution is 6.32. The van der Waals surface area contributed by atoms with E-state index in [1.165, 1.54) is 12.1 Å². The van der Waals surface area contributed by atoms with Crippen LogP contribution in [-0.4, -0.2) is 92.5 Å². The van der Waals surface area contributed by atoms with Crippen LogP contribution in [0.15, 0.2) is 60.7 Å². The number of halogens is 2. The number of benzene rings is 3. The number of likely N-dealkylation sites (tertiary alicyclic amines) is 1. The maximum Gasteiger partial charge on any atom is 0.254 e. The van der Waals surface area contributed by atoms with Crippen LogP contribution in [0.25, 0.3) is 0 Å². The number of nitrogens with zero attached hydrogens (tertiary/aromatic N) is 4. The molecule has 3 aromatic carbocycles. The van der Waals surface area contributed by atoms with Crippen LogP contribution in [0.5, 0.6) is 0 Å². The standard InChI is InChI=1S/C42H48ClFN8O4/c1-27-24-42(26-52(27)33-8-4-29(25-45)35(43)23-33)14-20-50(21-15-42)32-6-2-28(3-7-32)41(56)51-18-12-30(13-19-51)46-16-17-47-31-5-9-34(36(44)22-31)39(54)48-37-10-11-38(53)49-40(37)55/h2-9,22-23,27,30,37,46-47H,10-21,24,26H2,1H3,(H,48,54)(H,49,53,55)/t27-,37?/m0/s1. The molecule has 4 amide bonds. The quantitative estimate of drug-likeness (QED) is 0.163. The van der Waals surface area contributed by atoms with Crippen molar-refractivity contribution in [1.29, 1.82) is 5.26 Å². The SMILES string of the molecule is C[C@H]1CC2(CCN(c3ccc(C(=O)N4CCC(NCCNc5ccc(C(=O)NC6CCC(=O)NC6=O)c(F)c5)CC4)cc3)CC2)CN1c1ccc(C#N)c(Cl)c1. The van der Waals surface area contributed by atoms with Crippen molar-refractivity contribution in [3.63, 3.8) is 0 Å². The zero-order valence-electron chi connectivity index (χ0n) is 31.6. The molecule has 294 valence electrons. The highest BCUT2D eigenvalue weighted by Gasteiger charge is 2.44. The first kappa shape index (κ1) is 39.1. The van der Waals surface area contributed by atoms with Gasteiger partial charge in [-0.15, -0.1) is 0 Å². The minimum Gasteiger partial charge on any atom is -0.384 e. The number of piperidine rings is 3. The molecule has 4 saturated heterocycles. The predicted molar refractivity (Wildman–Crippen MR) is 213 cm³/mol. The van der Waals surface area contributed by atoms with Crippen LogP contribution >= 0.6 is 11.6 Å². The lowest BCUT2D eigenvalue weighted by atomic mass is 9.76. The molecule has 4 N–H and O–H groups in total. The number of nitriles is 1. The van der Waals surface area contributed by atoms with E-state index in [-0.39, 0.29) is 41.7 Å². The summed E-state index contributed by atoms with van der Waals surface area (Å²) in [6, 6.07) is 20.0. The molecule has 0 radical (unpaired) electrons. The van der Waals surface area contributed by atoms with Gasteiger partial charge >= 0.3 is 0 Å². The Kier molecular flexibility index (Phi) is 11.8. The molecule has 4 heterocycles. The second-order valence-corrected chi connectivity index (χ2v) is 16.0. The summed E-state index contributed by atoms with van der Waals surface area (Å²) in [5, 5.41) is 21.1. The van der Waals surface area contributed by atoms with Crippen molar-refractivity contribution in [3.8, 4) is 6.07 Å². The minimum atomic E-state index is -0.876. The molecular weight excluding hydrogens is 735 g/mol. The average molecular weight is 783 g/mol. The normalized spacial score (nSPS) is 21.1. The molecule has 12 nitrogen and oxygen atoms in total. The number of rotatable bonds is 10. The number of carbonyl (C=O) groups is 4. The van der Waals surface area contributed by atoms with E-state index in [1.807, 2.05) is 35.2 Å². The Labute approximate surface area is 331 Å². The summed E-state index contributed by atoms with van der Waals surface area (Å²) in [5.41, 5.74) is 4.02. The van der Waals surface area contributed by atoms with Crippen LogP contribution in [0.1, 0.15) is 78.1 Å². The molecule has 4 aliphatic heterocycles. The van der Waals surface area contributed by atoms with Crippen LogP contribution in [0.2, 0.25) is 5.02 Å². The Morgan fingerprint density at radius 2 is 1.70 bits per heavy atom. The van der Waals surface area contributed by atoms with E-state index in [9.17, 15) is 28.8 Å². The van der Waals surface area contributed by atoms with Crippen LogP contribution in [0, 0.1) is 22.6 Å². The molecule has 56 heavy (non-hydrogen) atoms. The van der Waals surface area contributed by atoms with E-state index < -0.39 is 23.7 Å². The van der Waals surface area contributed by atoms with Crippen molar-refractivity contribution in [3.05, 3.63) is 88.2 Å². The van der Waals surface area contributed by atoms with Gasteiger partial charge in [-0.1, -0.05) is 11.6 Å². The summed E-state index contributed by atoms with van der Waals surface area (Å²) < 4.78 is 14.8. The third-order valence-corrected chi connectivity index (χ3v) is 12.2. The number of imide groups is 1. The van der Waals surface area contributed by atoms with Crippen molar-refractivity contribution < 1.29 is 23.6 Å². The number of nitrogens with one attached hydrogen (secondary N) is 4. The van der Waals surface area contributed by atoms with E-state index in [0.717, 1.165) is 63.1 Å². The van der Waals surface area contributed by atoms with E-state index >= 15 is 0 Å². The van der Waals surface area contributed by atoms with Gasteiger partial charge in [0.15, 0.2) is 0 Å². The third-order valence-electron chi connectivity index (χ3n) is 11.9. The molecule has 0 bridgehead atoms. The Hall–Kier alpha value is -5.19. The van der Waals surface area contributed by atoms with Gasteiger partial charge in [-0.3, -0.25) is 24.5 Å². The lowest BCUT2D eigenvalue weighted by Crippen LogP contribution is -2.52. The fourth-order valence-electron chi connectivity index (χ4n) is 8.68. The zero-order valence-corrected chi connectivity index (χ0v) is 32.3. The predicted octanol–water partition coefficient (Wildman–Crippen LogP) is 5.08. The van der Waals surface area contributed by atoms with Gasteiger partial charge in [-0.25, -0.2) is 4.39 Å². The zero-order chi connectivity index (χ0) is 39.4. The van der Waals surface area contributed by atoms with Crippen molar-refractivity contribution in [2.45, 2.75) is 70.0 Å². The lowest BCUT2D eigenvalue weighted by Gasteiger charge is -2.40. The number of hydrogen-bond acceptors (Lipinski definition) is 9. The first-order valence-electron chi connectivity index (χ1n) is 19.5. The molecule has 1 unspecified atom stereocenters. The van der Waals surface area contributed by atoms with Crippen molar-refractivity contribution in [2.24, 2.45) is 5.41 Å². The van der Waals surface area contributed by atoms with Gasteiger partial charge in [-0.2, -0.15) is 5.26 Å². The highest BCUT2D eigenvalue weighted by Crippen LogP contribution is 2.46. The Morgan fingerprint density at radius 1 is 0.964 bits per heavy atom. The van der Waals surface area contributed by atoms with E-state index in [2.05, 4.69) is 56.2 Å². The van der Waals surface area contributed by atoms with Crippen LogP contribution < -0.4 is 31.1 Å². The summed E-state index contributed by atoms with van der Waals surface area (Å²) in [6.07, 6.45) is 5.28. The molecule has 0 aromatic heterocycles. The molecule has 1 spiro atoms. The molecule has 4 aliphatic rings. The summed E-state index contributed by atoms with van der Waals surface area (Å²) in [5.74, 6) is -2.35. The summed E-state index contributed by atoms with van der Waals surface area (Å²) in [4.78, 5) is 56.0. The molecule has 2 atom stereocenters. The smallest absolute Gasteiger partial charge is 0.254 e. The maximum atomic E-state index is 14.8. The molecule has 0 aliphatic carbocycles. The van der Waals surface area contributed by atoms with Crippen molar-refractivity contribution in [1.82, 2.24) is 20.9 Å². The minimum absolute atomic E-state index is 0.0495. The van der Waals surface area contributed by atoms with Crippen molar-refractivity contribution >= 4 is 52.3 Å². The second-order valence-electron chi connectivity index (χ2n) is 15.6. The lowest BCUT2D eigenvalue weighted by molar-refractivity contribution is -0.134. The van der Waals surface area contributed by atoms with Crippen LogP contribution in [0.3, 0.4) is 0 Å². The van der Waals surface area contributed by atoms with E-state index in [0.29, 0.717) is 54.1 Å². The molecule has 7 rings (SSSR count). The number of carbonyl (C=O) groups excluding carboxylic acids is 4. The Morgan fingerprint density at radius 3 is 2.38 bits per heavy atom. The molecular formula is C42H48ClFN8O4. The van der Waals surface area contributed by atoms with E-state index in [4.69, 9.17) is 11.6 Å². The van der Waals surface area contributed by atoms with Gasteiger partial charge in [0.25, 0.3) is 11.8 Å². The fourth-order valence-corrected chi connectivity index (χ4v) is 8.90. The number of anilines is 3. The van der Waals surface area contributed by atoms with Gasteiger partial charge in [-0.05, 0) is 112 Å². The number of amides is 4. The Bertz CT molecular complexity index is 2010. The third kappa shape index (κ3) is 8.77. The topological polar surface area (TPSA) is 150 Å². The number of hydrogen-bond donors (Lipinski definition) is 4. The molecule has 4 fully saturated rings. The first-order chi connectivity index (χ1) is 27.0. The summed E-state index contributed by atoms with van der Waals surface area (Å²) >= 11 is 6.36. The van der Waals surface area contributed by atoms with Gasteiger partial charge < -0.3 is 30.7 Å². The van der Waals surface area contributed by atoms with Gasteiger partial charge in [0.1, 0.15) is 17.9 Å². The van der Waals surface area contributed by atoms with E-state index in [1.54, 1.807) is 6.07 Å². The monoisotopic (exact) mass is 782 g/mol. The second kappa shape index (κ2) is 16.9.